The summed E-state index contributed by atoms with van der Waals surface area (Å²) in [6.45, 7) is 7.25. The molecule has 16 heavy (non-hydrogen) atoms. The first-order chi connectivity index (χ1) is 7.56. The number of ether oxygens (including phenoxy) is 1. The van der Waals surface area contributed by atoms with Crippen LogP contribution in [0.5, 0.6) is 0 Å². The van der Waals surface area contributed by atoms with Gasteiger partial charge in [0.25, 0.3) is 0 Å². The minimum atomic E-state index is 0.328. The summed E-state index contributed by atoms with van der Waals surface area (Å²) in [6, 6.07) is 0. The molecule has 90 valence electrons. The van der Waals surface area contributed by atoms with E-state index in [0.717, 1.165) is 19.6 Å². The average Bonchev–Trinajstić information content (AvgIpc) is 2.48. The van der Waals surface area contributed by atoms with E-state index < -0.39 is 0 Å². The molecule has 0 aliphatic carbocycles. The van der Waals surface area contributed by atoms with Gasteiger partial charge in [0.2, 0.25) is 0 Å². The van der Waals surface area contributed by atoms with Crippen LogP contribution >= 0.6 is 22.6 Å². The van der Waals surface area contributed by atoms with E-state index >= 15 is 0 Å². The molecule has 2 heterocycles. The van der Waals surface area contributed by atoms with Crippen molar-refractivity contribution < 1.29 is 4.74 Å². The van der Waals surface area contributed by atoms with E-state index in [9.17, 15) is 0 Å². The summed E-state index contributed by atoms with van der Waals surface area (Å²) in [5, 5.41) is 4.27. The minimum absolute atomic E-state index is 0.328. The number of rotatable bonds is 2. The molecule has 1 aliphatic rings. The summed E-state index contributed by atoms with van der Waals surface area (Å²) >= 11 is 2.35. The van der Waals surface area contributed by atoms with E-state index in [1.165, 1.54) is 9.26 Å². The molecule has 4 nitrogen and oxygen atoms in total. The Balaban J connectivity index is 2.04. The molecule has 1 aliphatic heterocycles. The Bertz CT molecular complexity index is 337. The smallest absolute Gasteiger partial charge is 0.0678 e. The minimum Gasteiger partial charge on any atom is -0.373 e. The highest BCUT2D eigenvalue weighted by Gasteiger charge is 2.23. The lowest BCUT2D eigenvalue weighted by Crippen LogP contribution is -2.45. The molecule has 2 rings (SSSR count). The fourth-order valence-corrected chi connectivity index (χ4v) is 2.88. The summed E-state index contributed by atoms with van der Waals surface area (Å²) in [5.41, 5.74) is 1.29. The number of nitrogens with zero attached hydrogens (tertiary/aromatic N) is 3. The van der Waals surface area contributed by atoms with Crippen molar-refractivity contribution in [1.29, 1.82) is 0 Å². The number of aryl methyl sites for hydroxylation is 1. The van der Waals surface area contributed by atoms with Crippen molar-refractivity contribution in [3.63, 3.8) is 0 Å². The first-order valence-electron chi connectivity index (χ1n) is 5.60. The van der Waals surface area contributed by atoms with Crippen LogP contribution in [0.1, 0.15) is 19.5 Å². The highest BCUT2D eigenvalue weighted by Crippen LogP contribution is 2.17. The molecule has 1 saturated heterocycles. The lowest BCUT2D eigenvalue weighted by atomic mass is 10.2. The van der Waals surface area contributed by atoms with E-state index in [-0.39, 0.29) is 0 Å². The SMILES string of the molecule is C[C@@H]1CN(Cc2c(I)cnn2C)C[C@H](C)O1. The molecule has 2 atom stereocenters. The predicted octanol–water partition coefficient (Wildman–Crippen LogP) is 1.63. The van der Waals surface area contributed by atoms with Crippen LogP contribution < -0.4 is 0 Å². The second-order valence-corrected chi connectivity index (χ2v) is 5.68. The molecule has 0 bridgehead atoms. The molecule has 0 spiro atoms. The Hall–Kier alpha value is -0.140. The van der Waals surface area contributed by atoms with Gasteiger partial charge in [0.05, 0.1) is 27.7 Å². The molecule has 0 unspecified atom stereocenters. The number of halogens is 1. The number of hydrogen-bond acceptors (Lipinski definition) is 3. The first kappa shape index (κ1) is 12.3. The number of aromatic nitrogens is 2. The third-order valence-electron chi connectivity index (χ3n) is 2.88. The standard InChI is InChI=1S/C11H18IN3O/c1-8-5-15(6-9(2)16-8)7-11-10(12)4-13-14(11)3/h4,8-9H,5-7H2,1-3H3/t8-,9+. The highest BCUT2D eigenvalue weighted by atomic mass is 127. The quantitative estimate of drug-likeness (QED) is 0.770. The summed E-state index contributed by atoms with van der Waals surface area (Å²) in [4.78, 5) is 2.44. The van der Waals surface area contributed by atoms with Crippen molar-refractivity contribution in [2.24, 2.45) is 7.05 Å². The Morgan fingerprint density at radius 1 is 1.44 bits per heavy atom. The summed E-state index contributed by atoms with van der Waals surface area (Å²) < 4.78 is 8.94. The Kier molecular flexibility index (Phi) is 3.86. The van der Waals surface area contributed by atoms with E-state index in [1.54, 1.807) is 0 Å². The number of morpholine rings is 1. The van der Waals surface area contributed by atoms with Crippen molar-refractivity contribution in [1.82, 2.24) is 14.7 Å². The summed E-state index contributed by atoms with van der Waals surface area (Å²) in [5.74, 6) is 0. The van der Waals surface area contributed by atoms with Crippen LogP contribution in [-0.4, -0.2) is 40.0 Å². The van der Waals surface area contributed by atoms with E-state index in [0.29, 0.717) is 12.2 Å². The van der Waals surface area contributed by atoms with Crippen LogP contribution in [0.25, 0.3) is 0 Å². The Labute approximate surface area is 110 Å². The summed E-state index contributed by atoms with van der Waals surface area (Å²) in [7, 11) is 2.00. The normalized spacial score (nSPS) is 27.2. The fourth-order valence-electron chi connectivity index (χ4n) is 2.24. The molecule has 1 aromatic heterocycles. The van der Waals surface area contributed by atoms with Gasteiger partial charge in [0.15, 0.2) is 0 Å². The van der Waals surface area contributed by atoms with Crippen LogP contribution in [0.15, 0.2) is 6.20 Å². The lowest BCUT2D eigenvalue weighted by Gasteiger charge is -2.35. The second-order valence-electron chi connectivity index (χ2n) is 4.51. The van der Waals surface area contributed by atoms with Gasteiger partial charge in [-0.05, 0) is 36.4 Å². The highest BCUT2D eigenvalue weighted by molar-refractivity contribution is 14.1. The maximum Gasteiger partial charge on any atom is 0.0678 e. The van der Waals surface area contributed by atoms with Gasteiger partial charge in [-0.15, -0.1) is 0 Å². The van der Waals surface area contributed by atoms with Crippen molar-refractivity contribution in [3.8, 4) is 0 Å². The van der Waals surface area contributed by atoms with Gasteiger partial charge < -0.3 is 4.74 Å². The van der Waals surface area contributed by atoms with Gasteiger partial charge in [-0.3, -0.25) is 9.58 Å². The van der Waals surface area contributed by atoms with Gasteiger partial charge in [-0.25, -0.2) is 0 Å². The van der Waals surface area contributed by atoms with E-state index in [1.807, 2.05) is 17.9 Å². The van der Waals surface area contributed by atoms with Crippen LogP contribution in [0.3, 0.4) is 0 Å². The molecule has 0 N–H and O–H groups in total. The van der Waals surface area contributed by atoms with Crippen LogP contribution in [0.2, 0.25) is 0 Å². The van der Waals surface area contributed by atoms with Crippen molar-refractivity contribution >= 4 is 22.6 Å². The maximum absolute atomic E-state index is 5.73. The zero-order valence-electron chi connectivity index (χ0n) is 9.98. The largest absolute Gasteiger partial charge is 0.373 e. The van der Waals surface area contributed by atoms with Crippen LogP contribution in [-0.2, 0) is 18.3 Å². The monoisotopic (exact) mass is 335 g/mol. The topological polar surface area (TPSA) is 30.3 Å². The number of hydrogen-bond donors (Lipinski definition) is 0. The molecular weight excluding hydrogens is 317 g/mol. The van der Waals surface area contributed by atoms with Gasteiger partial charge in [-0.2, -0.15) is 5.10 Å². The molecule has 1 fully saturated rings. The first-order valence-corrected chi connectivity index (χ1v) is 6.68. The Morgan fingerprint density at radius 2 is 2.06 bits per heavy atom. The molecule has 0 radical (unpaired) electrons. The van der Waals surface area contributed by atoms with E-state index in [2.05, 4.69) is 46.4 Å². The Morgan fingerprint density at radius 3 is 2.56 bits per heavy atom. The zero-order chi connectivity index (χ0) is 11.7. The predicted molar refractivity (Wildman–Crippen MR) is 71.2 cm³/mol. The fraction of sp³-hybridized carbons (Fsp3) is 0.727. The van der Waals surface area contributed by atoms with E-state index in [4.69, 9.17) is 4.74 Å². The van der Waals surface area contributed by atoms with Gasteiger partial charge >= 0.3 is 0 Å². The zero-order valence-corrected chi connectivity index (χ0v) is 12.1. The molecule has 0 amide bonds. The molecule has 0 saturated carbocycles. The van der Waals surface area contributed by atoms with Crippen molar-refractivity contribution in [2.45, 2.75) is 32.6 Å². The van der Waals surface area contributed by atoms with Gasteiger partial charge in [0.1, 0.15) is 0 Å². The molecule has 5 heteroatoms. The third-order valence-corrected chi connectivity index (χ3v) is 3.78. The average molecular weight is 335 g/mol. The lowest BCUT2D eigenvalue weighted by molar-refractivity contribution is -0.0710. The molecule has 0 aromatic carbocycles. The second kappa shape index (κ2) is 5.01. The maximum atomic E-state index is 5.73. The van der Waals surface area contributed by atoms with Crippen LogP contribution in [0, 0.1) is 3.57 Å². The van der Waals surface area contributed by atoms with Gasteiger partial charge in [-0.1, -0.05) is 0 Å². The van der Waals surface area contributed by atoms with Crippen LogP contribution in [0.4, 0.5) is 0 Å². The van der Waals surface area contributed by atoms with Gasteiger partial charge in [0, 0.05) is 26.7 Å². The molecular formula is C11H18IN3O. The van der Waals surface area contributed by atoms with Crippen molar-refractivity contribution in [2.75, 3.05) is 13.1 Å². The molecule has 1 aromatic rings. The van der Waals surface area contributed by atoms with Crippen molar-refractivity contribution in [3.05, 3.63) is 15.5 Å². The summed E-state index contributed by atoms with van der Waals surface area (Å²) in [6.07, 6.45) is 2.58. The third kappa shape index (κ3) is 2.75.